The molecule has 5 nitrogen and oxygen atoms in total. The minimum atomic E-state index is -0.569. The second kappa shape index (κ2) is 2.78. The molecule has 0 aliphatic carbocycles. The molecular formula is C8H15N3O2. The Kier molecular flexibility index (Phi) is 2.17. The molecule has 0 bridgehead atoms. The number of nitrogens with zero attached hydrogens (tertiary/aromatic N) is 2. The highest BCUT2D eigenvalue weighted by atomic mass is 16.5. The smallest absolute Gasteiger partial charge is 0.111 e. The zero-order chi connectivity index (χ0) is 10.3. The van der Waals surface area contributed by atoms with Crippen molar-refractivity contribution in [2.75, 3.05) is 0 Å². The van der Waals surface area contributed by atoms with Crippen molar-refractivity contribution in [3.63, 3.8) is 0 Å². The molecule has 1 aliphatic heterocycles. The van der Waals surface area contributed by atoms with Gasteiger partial charge in [0.15, 0.2) is 0 Å². The third-order valence-electron chi connectivity index (χ3n) is 2.19. The van der Waals surface area contributed by atoms with E-state index in [2.05, 4.69) is 10.5 Å². The first-order valence-corrected chi connectivity index (χ1v) is 4.13. The van der Waals surface area contributed by atoms with Gasteiger partial charge in [0.25, 0.3) is 0 Å². The fraction of sp³-hybridized carbons (Fsp3) is 0.750. The van der Waals surface area contributed by atoms with Crippen LogP contribution in [0.15, 0.2) is 17.1 Å². The summed E-state index contributed by atoms with van der Waals surface area (Å²) in [5, 5.41) is 16.6. The van der Waals surface area contributed by atoms with Crippen molar-refractivity contribution < 1.29 is 5.21 Å². The highest BCUT2D eigenvalue weighted by Crippen LogP contribution is 2.33. The average Bonchev–Trinajstić information content (AvgIpc) is 2.09. The summed E-state index contributed by atoms with van der Waals surface area (Å²) in [5.41, 5.74) is -0.529. The summed E-state index contributed by atoms with van der Waals surface area (Å²) in [4.78, 5) is 10.1. The van der Waals surface area contributed by atoms with Crippen LogP contribution in [0.5, 0.6) is 0 Å². The lowest BCUT2D eigenvalue weighted by Gasteiger charge is -2.26. The molecule has 0 amide bonds. The Bertz CT molecular complexity index is 258. The highest BCUT2D eigenvalue weighted by molar-refractivity contribution is 5.22. The van der Waals surface area contributed by atoms with Gasteiger partial charge in [-0.05, 0) is 32.9 Å². The van der Waals surface area contributed by atoms with Gasteiger partial charge in [-0.15, -0.1) is 4.91 Å². The van der Waals surface area contributed by atoms with E-state index in [0.717, 1.165) is 11.3 Å². The average molecular weight is 185 g/mol. The molecule has 0 aromatic carbocycles. The van der Waals surface area contributed by atoms with Crippen molar-refractivity contribution in [2.45, 2.75) is 38.9 Å². The molecule has 74 valence electrons. The van der Waals surface area contributed by atoms with Crippen LogP contribution in [0.4, 0.5) is 0 Å². The van der Waals surface area contributed by atoms with Gasteiger partial charge in [0.2, 0.25) is 0 Å². The van der Waals surface area contributed by atoms with Crippen LogP contribution in [0.3, 0.4) is 0 Å². The lowest BCUT2D eigenvalue weighted by atomic mass is 10.0. The SMILES string of the molecule is CC1(C)NC(C)(C)N(O)/C1=C\N=O. The van der Waals surface area contributed by atoms with Crippen LogP contribution < -0.4 is 5.32 Å². The maximum Gasteiger partial charge on any atom is 0.111 e. The maximum absolute atomic E-state index is 10.1. The molecule has 2 N–H and O–H groups in total. The van der Waals surface area contributed by atoms with Gasteiger partial charge in [-0.2, -0.15) is 0 Å². The molecule has 0 aromatic heterocycles. The van der Waals surface area contributed by atoms with E-state index in [1.54, 1.807) is 0 Å². The fourth-order valence-electron chi connectivity index (χ4n) is 1.71. The summed E-state index contributed by atoms with van der Waals surface area (Å²) in [6.45, 7) is 7.39. The number of rotatable bonds is 1. The summed E-state index contributed by atoms with van der Waals surface area (Å²) >= 11 is 0. The van der Waals surface area contributed by atoms with E-state index in [1.165, 1.54) is 0 Å². The molecule has 0 radical (unpaired) electrons. The molecule has 0 unspecified atom stereocenters. The molecule has 0 spiro atoms. The van der Waals surface area contributed by atoms with Gasteiger partial charge >= 0.3 is 0 Å². The Hall–Kier alpha value is -0.940. The van der Waals surface area contributed by atoms with Crippen LogP contribution in [-0.2, 0) is 0 Å². The lowest BCUT2D eigenvalue weighted by molar-refractivity contribution is -0.117. The zero-order valence-electron chi connectivity index (χ0n) is 8.33. The van der Waals surface area contributed by atoms with Gasteiger partial charge in [-0.1, -0.05) is 0 Å². The van der Waals surface area contributed by atoms with Crippen molar-refractivity contribution in [3.05, 3.63) is 16.8 Å². The number of hydrogen-bond acceptors (Lipinski definition) is 5. The van der Waals surface area contributed by atoms with E-state index < -0.39 is 11.2 Å². The molecule has 1 aliphatic rings. The molecule has 0 aromatic rings. The molecule has 1 rings (SSSR count). The van der Waals surface area contributed by atoms with Crippen molar-refractivity contribution >= 4 is 0 Å². The van der Waals surface area contributed by atoms with Gasteiger partial charge < -0.3 is 0 Å². The lowest BCUT2D eigenvalue weighted by Crippen LogP contribution is -2.47. The van der Waals surface area contributed by atoms with Crippen molar-refractivity contribution in [1.82, 2.24) is 10.4 Å². The topological polar surface area (TPSA) is 64.9 Å². The van der Waals surface area contributed by atoms with Gasteiger partial charge in [0.05, 0.1) is 17.4 Å². The molecule has 5 heteroatoms. The van der Waals surface area contributed by atoms with Crippen molar-refractivity contribution in [2.24, 2.45) is 5.18 Å². The summed E-state index contributed by atoms with van der Waals surface area (Å²) in [5.74, 6) is 0. The summed E-state index contributed by atoms with van der Waals surface area (Å²) in [6.07, 6.45) is 1.13. The molecule has 13 heavy (non-hydrogen) atoms. The normalized spacial score (nSPS) is 28.1. The molecule has 1 fully saturated rings. The first kappa shape index (κ1) is 10.1. The van der Waals surface area contributed by atoms with Crippen LogP contribution in [0.2, 0.25) is 0 Å². The molecule has 1 saturated heterocycles. The van der Waals surface area contributed by atoms with E-state index in [0.29, 0.717) is 5.70 Å². The van der Waals surface area contributed by atoms with Crippen LogP contribution in [0, 0.1) is 4.91 Å². The number of nitrogens with one attached hydrogen (secondary N) is 1. The summed E-state index contributed by atoms with van der Waals surface area (Å²) in [7, 11) is 0. The minimum Gasteiger partial charge on any atom is -0.287 e. The van der Waals surface area contributed by atoms with Gasteiger partial charge in [0, 0.05) is 0 Å². The van der Waals surface area contributed by atoms with Crippen molar-refractivity contribution in [1.29, 1.82) is 0 Å². The van der Waals surface area contributed by atoms with Gasteiger partial charge in [0.1, 0.15) is 5.66 Å². The Labute approximate surface area is 77.4 Å². The number of hydrogen-bond donors (Lipinski definition) is 2. The predicted octanol–water partition coefficient (Wildman–Crippen LogP) is 1.40. The highest BCUT2D eigenvalue weighted by Gasteiger charge is 2.46. The van der Waals surface area contributed by atoms with Crippen LogP contribution in [0.25, 0.3) is 0 Å². The Morgan fingerprint density at radius 3 is 2.31 bits per heavy atom. The van der Waals surface area contributed by atoms with Crippen molar-refractivity contribution in [3.8, 4) is 0 Å². The molecule has 0 saturated carbocycles. The maximum atomic E-state index is 10.1. The second-order valence-electron chi connectivity index (χ2n) is 4.24. The summed E-state index contributed by atoms with van der Waals surface area (Å²) in [6, 6.07) is 0. The standard InChI is InChI=1S/C8H15N3O2/c1-7(2)6(5-9-12)11(13)8(3,4)10-7/h5,10,13H,1-4H3/b6-5-. The number of nitroso groups, excluding NO2 is 1. The quantitative estimate of drug-likeness (QED) is 0.606. The van der Waals surface area contributed by atoms with E-state index in [1.807, 2.05) is 27.7 Å². The summed E-state index contributed by atoms with van der Waals surface area (Å²) < 4.78 is 0. The first-order valence-electron chi connectivity index (χ1n) is 4.13. The molecular weight excluding hydrogens is 170 g/mol. The monoisotopic (exact) mass is 185 g/mol. The Morgan fingerprint density at radius 2 is 2.00 bits per heavy atom. The van der Waals surface area contributed by atoms with E-state index >= 15 is 0 Å². The largest absolute Gasteiger partial charge is 0.287 e. The van der Waals surface area contributed by atoms with Gasteiger partial charge in [-0.25, -0.2) is 5.06 Å². The zero-order valence-corrected chi connectivity index (χ0v) is 8.33. The van der Waals surface area contributed by atoms with E-state index in [4.69, 9.17) is 0 Å². The third-order valence-corrected chi connectivity index (χ3v) is 2.19. The predicted molar refractivity (Wildman–Crippen MR) is 48.8 cm³/mol. The van der Waals surface area contributed by atoms with E-state index in [-0.39, 0.29) is 0 Å². The molecule has 1 heterocycles. The number of hydroxylamine groups is 2. The Balaban J connectivity index is 3.09. The van der Waals surface area contributed by atoms with Crippen LogP contribution in [0.1, 0.15) is 27.7 Å². The van der Waals surface area contributed by atoms with Crippen LogP contribution >= 0.6 is 0 Å². The minimum absolute atomic E-state index is 0.438. The van der Waals surface area contributed by atoms with E-state index in [9.17, 15) is 10.1 Å². The molecule has 0 atom stereocenters. The van der Waals surface area contributed by atoms with Gasteiger partial charge in [-0.3, -0.25) is 10.5 Å². The Morgan fingerprint density at radius 1 is 1.46 bits per heavy atom. The second-order valence-corrected chi connectivity index (χ2v) is 4.24. The first-order chi connectivity index (χ1) is 5.81. The van der Waals surface area contributed by atoms with Crippen LogP contribution in [-0.4, -0.2) is 21.5 Å². The fourth-order valence-corrected chi connectivity index (χ4v) is 1.71. The third kappa shape index (κ3) is 1.57.